The van der Waals surface area contributed by atoms with E-state index in [1.165, 1.54) is 0 Å². The van der Waals surface area contributed by atoms with Crippen LogP contribution in [0.2, 0.25) is 0 Å². The van der Waals surface area contributed by atoms with E-state index in [2.05, 4.69) is 23.8 Å². The molecule has 18 heavy (non-hydrogen) atoms. The predicted octanol–water partition coefficient (Wildman–Crippen LogP) is 3.34. The van der Waals surface area contributed by atoms with Gasteiger partial charge in [-0.05, 0) is 25.8 Å². The molecule has 1 aromatic heterocycles. The summed E-state index contributed by atoms with van der Waals surface area (Å²) in [6.07, 6.45) is 1.71. The molecule has 1 rings (SSSR count). The summed E-state index contributed by atoms with van der Waals surface area (Å²) in [7, 11) is 1.66. The summed E-state index contributed by atoms with van der Waals surface area (Å²) < 4.78 is 11.6. The van der Waals surface area contributed by atoms with Crippen molar-refractivity contribution in [1.82, 2.24) is 9.97 Å². The minimum absolute atomic E-state index is 0.383. The Hall–Kier alpha value is -0.780. The van der Waals surface area contributed by atoms with E-state index in [9.17, 15) is 0 Å². The minimum Gasteiger partial charge on any atom is -0.378 e. The number of rotatable bonds is 7. The lowest BCUT2D eigenvalue weighted by molar-refractivity contribution is -0.0575. The third-order valence-corrected chi connectivity index (χ3v) is 3.30. The van der Waals surface area contributed by atoms with E-state index in [1.807, 2.05) is 13.0 Å². The molecule has 0 atom stereocenters. The Bertz CT molecular complexity index is 427. The first-order valence-corrected chi connectivity index (χ1v) is 6.76. The van der Waals surface area contributed by atoms with Crippen molar-refractivity contribution in [2.24, 2.45) is 0 Å². The molecule has 102 valence electrons. The van der Waals surface area contributed by atoms with Gasteiger partial charge in [-0.25, -0.2) is 4.98 Å². The lowest BCUT2D eigenvalue weighted by Crippen LogP contribution is -2.31. The highest BCUT2D eigenvalue weighted by Gasteiger charge is 2.31. The molecule has 1 heterocycles. The van der Waals surface area contributed by atoms with Crippen molar-refractivity contribution < 1.29 is 9.47 Å². The zero-order chi connectivity index (χ0) is 13.6. The largest absolute Gasteiger partial charge is 0.378 e. The Morgan fingerprint density at radius 1 is 1.33 bits per heavy atom. The number of hydrogen-bond acceptors (Lipinski definition) is 4. The quantitative estimate of drug-likeness (QED) is 0.772. The number of aromatic nitrogens is 2. The molecule has 0 aliphatic carbocycles. The van der Waals surface area contributed by atoms with E-state index < -0.39 is 0 Å². The van der Waals surface area contributed by atoms with Gasteiger partial charge in [0.1, 0.15) is 16.1 Å². The standard InChI is InChI=1S/C13H22N2O2S/c1-5-13(6-2,17-7-3)12-14-10(9-16-4)8-11(18)15-12/h8H,5-7,9H2,1-4H3,(H,14,15,18). The molecule has 0 aliphatic heterocycles. The molecule has 1 aromatic rings. The van der Waals surface area contributed by atoms with E-state index in [-0.39, 0.29) is 5.60 Å². The van der Waals surface area contributed by atoms with E-state index >= 15 is 0 Å². The van der Waals surface area contributed by atoms with Gasteiger partial charge in [0, 0.05) is 19.4 Å². The number of aromatic amines is 1. The van der Waals surface area contributed by atoms with Crippen LogP contribution in [0.3, 0.4) is 0 Å². The van der Waals surface area contributed by atoms with Crippen molar-refractivity contribution >= 4 is 12.2 Å². The Labute approximate surface area is 114 Å². The molecule has 0 fully saturated rings. The van der Waals surface area contributed by atoms with E-state index in [0.717, 1.165) is 24.4 Å². The molecular formula is C13H22N2O2S. The topological polar surface area (TPSA) is 47.1 Å². The second kappa shape index (κ2) is 6.97. The number of nitrogens with zero attached hydrogens (tertiary/aromatic N) is 1. The van der Waals surface area contributed by atoms with Gasteiger partial charge in [-0.3, -0.25) is 0 Å². The fourth-order valence-electron chi connectivity index (χ4n) is 2.09. The van der Waals surface area contributed by atoms with Gasteiger partial charge in [0.2, 0.25) is 0 Å². The summed E-state index contributed by atoms with van der Waals surface area (Å²) in [4.78, 5) is 7.71. The predicted molar refractivity (Wildman–Crippen MR) is 74.0 cm³/mol. The van der Waals surface area contributed by atoms with Crippen LogP contribution >= 0.6 is 12.2 Å². The zero-order valence-corrected chi connectivity index (χ0v) is 12.4. The maximum absolute atomic E-state index is 5.92. The van der Waals surface area contributed by atoms with Gasteiger partial charge in [0.15, 0.2) is 0 Å². The fraction of sp³-hybridized carbons (Fsp3) is 0.692. The zero-order valence-electron chi connectivity index (χ0n) is 11.6. The highest BCUT2D eigenvalue weighted by molar-refractivity contribution is 7.71. The van der Waals surface area contributed by atoms with Gasteiger partial charge in [-0.1, -0.05) is 26.1 Å². The molecule has 0 saturated heterocycles. The van der Waals surface area contributed by atoms with Crippen LogP contribution in [0.15, 0.2) is 6.07 Å². The first-order valence-electron chi connectivity index (χ1n) is 6.35. The Morgan fingerprint density at radius 2 is 2.00 bits per heavy atom. The van der Waals surface area contributed by atoms with E-state index in [1.54, 1.807) is 7.11 Å². The van der Waals surface area contributed by atoms with Crippen LogP contribution in [0, 0.1) is 4.64 Å². The molecule has 4 nitrogen and oxygen atoms in total. The maximum Gasteiger partial charge on any atom is 0.140 e. The number of hydrogen-bond donors (Lipinski definition) is 1. The van der Waals surface area contributed by atoms with Gasteiger partial charge >= 0.3 is 0 Å². The first-order chi connectivity index (χ1) is 8.61. The molecule has 0 aromatic carbocycles. The summed E-state index contributed by atoms with van der Waals surface area (Å²) in [5.74, 6) is 0.800. The molecular weight excluding hydrogens is 248 g/mol. The van der Waals surface area contributed by atoms with E-state index in [4.69, 9.17) is 21.7 Å². The van der Waals surface area contributed by atoms with Crippen LogP contribution in [0.25, 0.3) is 0 Å². The van der Waals surface area contributed by atoms with Crippen LogP contribution in [-0.4, -0.2) is 23.7 Å². The highest BCUT2D eigenvalue weighted by atomic mass is 32.1. The monoisotopic (exact) mass is 270 g/mol. The average Bonchev–Trinajstić information content (AvgIpc) is 2.36. The fourth-order valence-corrected chi connectivity index (χ4v) is 2.32. The van der Waals surface area contributed by atoms with Crippen molar-refractivity contribution in [1.29, 1.82) is 0 Å². The smallest absolute Gasteiger partial charge is 0.140 e. The van der Waals surface area contributed by atoms with Crippen LogP contribution in [0.1, 0.15) is 45.1 Å². The summed E-state index contributed by atoms with van der Waals surface area (Å²) in [5, 5.41) is 0. The van der Waals surface area contributed by atoms with Crippen molar-refractivity contribution in [2.75, 3.05) is 13.7 Å². The maximum atomic E-state index is 5.92. The van der Waals surface area contributed by atoms with Crippen molar-refractivity contribution in [3.05, 3.63) is 22.2 Å². The van der Waals surface area contributed by atoms with Crippen LogP contribution in [0.4, 0.5) is 0 Å². The summed E-state index contributed by atoms with van der Waals surface area (Å²) in [6, 6.07) is 1.82. The van der Waals surface area contributed by atoms with Gasteiger partial charge in [-0.2, -0.15) is 0 Å². The van der Waals surface area contributed by atoms with Gasteiger partial charge < -0.3 is 14.5 Å². The molecule has 0 spiro atoms. The number of methoxy groups -OCH3 is 1. The lowest BCUT2D eigenvalue weighted by atomic mass is 9.96. The second-order valence-corrected chi connectivity index (χ2v) is 4.58. The molecule has 5 heteroatoms. The van der Waals surface area contributed by atoms with Crippen molar-refractivity contribution in [3.63, 3.8) is 0 Å². The lowest BCUT2D eigenvalue weighted by Gasteiger charge is -2.30. The van der Waals surface area contributed by atoms with Crippen molar-refractivity contribution in [2.45, 2.75) is 45.8 Å². The van der Waals surface area contributed by atoms with E-state index in [0.29, 0.717) is 17.9 Å². The Kier molecular flexibility index (Phi) is 5.91. The molecule has 0 saturated carbocycles. The van der Waals surface area contributed by atoms with Crippen LogP contribution < -0.4 is 0 Å². The van der Waals surface area contributed by atoms with Gasteiger partial charge in [0.25, 0.3) is 0 Å². The Morgan fingerprint density at radius 3 is 2.50 bits per heavy atom. The molecule has 0 bridgehead atoms. The van der Waals surface area contributed by atoms with Crippen LogP contribution in [-0.2, 0) is 21.7 Å². The van der Waals surface area contributed by atoms with Crippen molar-refractivity contribution in [3.8, 4) is 0 Å². The Balaban J connectivity index is 3.23. The molecule has 0 unspecified atom stereocenters. The summed E-state index contributed by atoms with van der Waals surface area (Å²) >= 11 is 5.21. The minimum atomic E-state index is -0.383. The number of H-pyrrole nitrogens is 1. The summed E-state index contributed by atoms with van der Waals surface area (Å²) in [6.45, 7) is 7.34. The normalized spacial score (nSPS) is 11.8. The number of nitrogens with one attached hydrogen (secondary N) is 1. The summed E-state index contributed by atoms with van der Waals surface area (Å²) in [5.41, 5.74) is 0.546. The third-order valence-electron chi connectivity index (χ3n) is 3.09. The molecule has 0 amide bonds. The van der Waals surface area contributed by atoms with Crippen LogP contribution in [0.5, 0.6) is 0 Å². The third kappa shape index (κ3) is 3.37. The highest BCUT2D eigenvalue weighted by Crippen LogP contribution is 2.30. The SMILES string of the molecule is CCOC(CC)(CC)c1nc(=S)cc(COC)[nH]1. The van der Waals surface area contributed by atoms with Gasteiger partial charge in [-0.15, -0.1) is 0 Å². The average molecular weight is 270 g/mol. The van der Waals surface area contributed by atoms with Gasteiger partial charge in [0.05, 0.1) is 6.61 Å². The molecule has 1 N–H and O–H groups in total. The second-order valence-electron chi connectivity index (χ2n) is 4.16. The number of ether oxygens (including phenoxy) is 2. The molecule has 0 aliphatic rings. The molecule has 0 radical (unpaired) electrons. The first kappa shape index (κ1) is 15.3.